The molecule has 2 nitrogen and oxygen atoms in total. The Morgan fingerprint density at radius 1 is 1.12 bits per heavy atom. The summed E-state index contributed by atoms with van der Waals surface area (Å²) in [6.45, 7) is 0. The molecule has 10 heteroatoms. The van der Waals surface area contributed by atoms with Crippen LogP contribution >= 0.6 is 15.9 Å². The van der Waals surface area contributed by atoms with Gasteiger partial charge in [-0.2, -0.15) is 13.2 Å². The predicted octanol–water partition coefficient (Wildman–Crippen LogP) is 3.90. The Morgan fingerprint density at radius 2 is 1.65 bits per heavy atom. The van der Waals surface area contributed by atoms with E-state index in [1.54, 1.807) is 0 Å². The molecule has 0 aliphatic heterocycles. The number of hydrogen-bond donors (Lipinski definition) is 0. The molecule has 1 aromatic heterocycles. The molecule has 0 amide bonds. The van der Waals surface area contributed by atoms with Gasteiger partial charge in [0.25, 0.3) is 0 Å². The molecule has 0 radical (unpaired) electrons. The minimum atomic E-state index is -5.40. The fourth-order valence-electron chi connectivity index (χ4n) is 0.904. The maximum absolute atomic E-state index is 12.9. The molecule has 0 aliphatic rings. The second kappa shape index (κ2) is 4.31. The van der Waals surface area contributed by atoms with Crippen molar-refractivity contribution in [3.63, 3.8) is 0 Å². The van der Waals surface area contributed by atoms with Crippen molar-refractivity contribution in [2.75, 3.05) is 0 Å². The van der Waals surface area contributed by atoms with Crippen LogP contribution in [0.2, 0.25) is 0 Å². The van der Waals surface area contributed by atoms with Crippen molar-refractivity contribution >= 4 is 15.9 Å². The third kappa shape index (κ3) is 3.72. The first-order chi connectivity index (χ1) is 7.50. The maximum atomic E-state index is 12.9. The van der Waals surface area contributed by atoms with E-state index in [1.165, 1.54) is 0 Å². The normalized spacial score (nSPS) is 12.7. The summed E-state index contributed by atoms with van der Waals surface area (Å²) >= 11 is 2.46. The second-order valence-corrected chi connectivity index (χ2v) is 3.46. The van der Waals surface area contributed by atoms with Crippen LogP contribution in [0.1, 0.15) is 5.56 Å². The molecule has 1 heterocycles. The van der Waals surface area contributed by atoms with Crippen LogP contribution in [0.15, 0.2) is 10.7 Å². The van der Waals surface area contributed by atoms with Gasteiger partial charge in [0, 0.05) is 6.07 Å². The molecule has 0 aromatic carbocycles. The number of rotatable bonds is 1. The highest BCUT2D eigenvalue weighted by Crippen LogP contribution is 2.39. The van der Waals surface area contributed by atoms with Crippen molar-refractivity contribution in [3.05, 3.63) is 22.1 Å². The summed E-state index contributed by atoms with van der Waals surface area (Å²) in [5.74, 6) is -3.81. The molecule has 1 rings (SSSR count). The van der Waals surface area contributed by atoms with Gasteiger partial charge in [-0.15, -0.1) is 13.2 Å². The summed E-state index contributed by atoms with van der Waals surface area (Å²) in [5, 5.41) is 0. The van der Waals surface area contributed by atoms with E-state index in [0.29, 0.717) is 0 Å². The van der Waals surface area contributed by atoms with Crippen LogP contribution in [0.25, 0.3) is 0 Å². The van der Waals surface area contributed by atoms with Crippen LogP contribution in [0.4, 0.5) is 30.7 Å². The Labute approximate surface area is 97.5 Å². The van der Waals surface area contributed by atoms with Crippen molar-refractivity contribution in [1.82, 2.24) is 4.98 Å². The van der Waals surface area contributed by atoms with Gasteiger partial charge in [0.05, 0.1) is 0 Å². The van der Waals surface area contributed by atoms with Gasteiger partial charge in [0.1, 0.15) is 10.4 Å². The Kier molecular flexibility index (Phi) is 3.55. The van der Waals surface area contributed by atoms with Gasteiger partial charge in [-0.05, 0) is 15.9 Å². The third-order valence-electron chi connectivity index (χ3n) is 1.40. The van der Waals surface area contributed by atoms with Crippen molar-refractivity contribution in [2.24, 2.45) is 0 Å². The van der Waals surface area contributed by atoms with Crippen molar-refractivity contribution in [3.8, 4) is 5.88 Å². The molecule has 0 aliphatic carbocycles. The first-order valence-electron chi connectivity index (χ1n) is 3.69. The van der Waals surface area contributed by atoms with Crippen molar-refractivity contribution in [1.29, 1.82) is 0 Å². The van der Waals surface area contributed by atoms with Crippen LogP contribution in [0.3, 0.4) is 0 Å². The molecule has 0 N–H and O–H groups in total. The predicted molar refractivity (Wildman–Crippen MR) is 43.6 cm³/mol. The smallest absolute Gasteiger partial charge is 0.387 e. The second-order valence-electron chi connectivity index (χ2n) is 2.65. The van der Waals surface area contributed by atoms with E-state index >= 15 is 0 Å². The molecule has 17 heavy (non-hydrogen) atoms. The number of nitrogens with zero attached hydrogens (tertiary/aromatic N) is 1. The minimum absolute atomic E-state index is 0.284. The van der Waals surface area contributed by atoms with Crippen LogP contribution in [0, 0.1) is 5.82 Å². The Balaban J connectivity index is 3.36. The van der Waals surface area contributed by atoms with Gasteiger partial charge in [-0.3, -0.25) is 0 Å². The third-order valence-corrected chi connectivity index (χ3v) is 1.81. The molecular formula is C7HBrF7NO. The highest BCUT2D eigenvalue weighted by molar-refractivity contribution is 9.10. The maximum Gasteiger partial charge on any atom is 0.574 e. The van der Waals surface area contributed by atoms with E-state index in [2.05, 4.69) is 25.7 Å². The summed E-state index contributed by atoms with van der Waals surface area (Å²) in [7, 11) is 0. The number of ether oxygens (including phenoxy) is 1. The Hall–Kier alpha value is -1.06. The topological polar surface area (TPSA) is 22.1 Å². The molecule has 0 saturated heterocycles. The standard InChI is InChI=1S/C7HBrF7NO/c8-3-1-2(9)4(6(10,11)12)5(16-3)17-7(13,14)15/h1H. The highest BCUT2D eigenvalue weighted by Gasteiger charge is 2.43. The summed E-state index contributed by atoms with van der Waals surface area (Å²) < 4.78 is 87.6. The number of halogens is 8. The van der Waals surface area contributed by atoms with Gasteiger partial charge in [-0.25, -0.2) is 9.37 Å². The van der Waals surface area contributed by atoms with E-state index in [4.69, 9.17) is 0 Å². The molecule has 0 unspecified atom stereocenters. The number of alkyl halides is 6. The lowest BCUT2D eigenvalue weighted by Gasteiger charge is -2.14. The Bertz CT molecular complexity index is 427. The quantitative estimate of drug-likeness (QED) is 0.576. The lowest BCUT2D eigenvalue weighted by atomic mass is 10.2. The zero-order valence-corrected chi connectivity index (χ0v) is 9.04. The van der Waals surface area contributed by atoms with Crippen LogP contribution in [0.5, 0.6) is 5.88 Å². The van der Waals surface area contributed by atoms with Gasteiger partial charge in [0.2, 0.25) is 5.88 Å². The fraction of sp³-hybridized carbons (Fsp3) is 0.286. The largest absolute Gasteiger partial charge is 0.574 e. The first-order valence-corrected chi connectivity index (χ1v) is 4.49. The van der Waals surface area contributed by atoms with Gasteiger partial charge in [0.15, 0.2) is 5.56 Å². The molecule has 1 aromatic rings. The van der Waals surface area contributed by atoms with Crippen LogP contribution in [-0.2, 0) is 6.18 Å². The van der Waals surface area contributed by atoms with Crippen molar-refractivity contribution < 1.29 is 35.5 Å². The average Bonchev–Trinajstić information content (AvgIpc) is 1.94. The molecule has 96 valence electrons. The van der Waals surface area contributed by atoms with Crippen molar-refractivity contribution in [2.45, 2.75) is 12.5 Å². The summed E-state index contributed by atoms with van der Waals surface area (Å²) in [6.07, 6.45) is -10.8. The first kappa shape index (κ1) is 14.0. The highest BCUT2D eigenvalue weighted by atomic mass is 79.9. The van der Waals surface area contributed by atoms with E-state index in [0.717, 1.165) is 0 Å². The molecule has 0 bridgehead atoms. The molecule has 0 fully saturated rings. The lowest BCUT2D eigenvalue weighted by Crippen LogP contribution is -2.22. The van der Waals surface area contributed by atoms with Crippen LogP contribution in [-0.4, -0.2) is 11.3 Å². The zero-order chi connectivity index (χ0) is 13.4. The van der Waals surface area contributed by atoms with Crippen LogP contribution < -0.4 is 4.74 Å². The fourth-order valence-corrected chi connectivity index (χ4v) is 1.27. The SMILES string of the molecule is Fc1cc(Br)nc(OC(F)(F)F)c1C(F)(F)F. The summed E-state index contributed by atoms with van der Waals surface area (Å²) in [5.41, 5.74) is -2.21. The van der Waals surface area contributed by atoms with E-state index < -0.39 is 34.4 Å². The number of aromatic nitrogens is 1. The molecule has 0 atom stereocenters. The zero-order valence-electron chi connectivity index (χ0n) is 7.46. The molecular weight excluding hydrogens is 327 g/mol. The minimum Gasteiger partial charge on any atom is -0.387 e. The average molecular weight is 328 g/mol. The number of pyridine rings is 1. The number of hydrogen-bond acceptors (Lipinski definition) is 2. The Morgan fingerprint density at radius 3 is 2.06 bits per heavy atom. The van der Waals surface area contributed by atoms with Gasteiger partial charge < -0.3 is 4.74 Å². The molecule has 0 saturated carbocycles. The van der Waals surface area contributed by atoms with Gasteiger partial charge >= 0.3 is 12.5 Å². The van der Waals surface area contributed by atoms with E-state index in [1.807, 2.05) is 0 Å². The molecule has 0 spiro atoms. The monoisotopic (exact) mass is 327 g/mol. The van der Waals surface area contributed by atoms with E-state index in [-0.39, 0.29) is 6.07 Å². The summed E-state index contributed by atoms with van der Waals surface area (Å²) in [6, 6.07) is 0.284. The van der Waals surface area contributed by atoms with E-state index in [9.17, 15) is 30.7 Å². The van der Waals surface area contributed by atoms with Gasteiger partial charge in [-0.1, -0.05) is 0 Å². The summed E-state index contributed by atoms with van der Waals surface area (Å²) in [4.78, 5) is 2.80. The lowest BCUT2D eigenvalue weighted by molar-refractivity contribution is -0.278.